The van der Waals surface area contributed by atoms with Gasteiger partial charge in [0.1, 0.15) is 11.4 Å². The van der Waals surface area contributed by atoms with Crippen LogP contribution in [0.4, 0.5) is 14.9 Å². The predicted molar refractivity (Wildman–Crippen MR) is 121 cm³/mol. The van der Waals surface area contributed by atoms with Crippen LogP contribution in [-0.4, -0.2) is 27.4 Å². The van der Waals surface area contributed by atoms with Crippen LogP contribution in [0.2, 0.25) is 0 Å². The molecule has 0 aliphatic carbocycles. The number of nitrogens with zero attached hydrogens (tertiary/aromatic N) is 3. The molecule has 162 valence electrons. The second kappa shape index (κ2) is 8.16. The number of carbonyl (C=O) groups is 3. The fraction of sp³-hybridized carbons (Fsp3) is 0.0400. The highest BCUT2D eigenvalue weighted by Gasteiger charge is 2.37. The van der Waals surface area contributed by atoms with E-state index in [9.17, 15) is 18.8 Å². The number of hydrogen-bond donors (Lipinski definition) is 1. The summed E-state index contributed by atoms with van der Waals surface area (Å²) < 4.78 is 16.1. The number of carbonyl (C=O) groups excluding carboxylic acids is 3. The lowest BCUT2D eigenvalue weighted by atomic mass is 10.1. The number of nitrogens with one attached hydrogen (secondary N) is 1. The van der Waals surface area contributed by atoms with Crippen LogP contribution in [0.25, 0.3) is 17.0 Å². The molecule has 1 aliphatic heterocycles. The molecule has 2 aromatic carbocycles. The van der Waals surface area contributed by atoms with Crippen LogP contribution in [0.5, 0.6) is 0 Å². The molecule has 3 heterocycles. The van der Waals surface area contributed by atoms with Gasteiger partial charge in [-0.25, -0.2) is 14.1 Å². The number of halogens is 1. The second-order valence-electron chi connectivity index (χ2n) is 7.48. The van der Waals surface area contributed by atoms with Crippen molar-refractivity contribution < 1.29 is 18.8 Å². The first kappa shape index (κ1) is 20.3. The number of imide groups is 2. The summed E-state index contributed by atoms with van der Waals surface area (Å²) in [4.78, 5) is 42.8. The topological polar surface area (TPSA) is 84.3 Å². The van der Waals surface area contributed by atoms with E-state index in [-0.39, 0.29) is 17.9 Å². The van der Waals surface area contributed by atoms with Crippen LogP contribution in [0.15, 0.2) is 84.8 Å². The average Bonchev–Trinajstić information content (AvgIpc) is 3.16. The van der Waals surface area contributed by atoms with E-state index in [1.165, 1.54) is 36.7 Å². The molecule has 4 aromatic rings. The van der Waals surface area contributed by atoms with Crippen molar-refractivity contribution in [3.05, 3.63) is 102 Å². The number of pyridine rings is 1. The number of rotatable bonds is 4. The third kappa shape index (κ3) is 3.67. The summed E-state index contributed by atoms with van der Waals surface area (Å²) in [5.41, 5.74) is 2.05. The lowest BCUT2D eigenvalue weighted by molar-refractivity contribution is -0.122. The van der Waals surface area contributed by atoms with Crippen LogP contribution >= 0.6 is 0 Å². The van der Waals surface area contributed by atoms with Crippen LogP contribution in [0.1, 0.15) is 11.1 Å². The van der Waals surface area contributed by atoms with Gasteiger partial charge < -0.3 is 4.57 Å². The van der Waals surface area contributed by atoms with Gasteiger partial charge in [-0.3, -0.25) is 19.9 Å². The highest BCUT2D eigenvalue weighted by atomic mass is 19.1. The van der Waals surface area contributed by atoms with Crippen molar-refractivity contribution in [3.63, 3.8) is 0 Å². The molecule has 0 saturated carbocycles. The lowest BCUT2D eigenvalue weighted by Crippen LogP contribution is -2.54. The Balaban J connectivity index is 1.58. The zero-order valence-electron chi connectivity index (χ0n) is 17.2. The number of hydrogen-bond acceptors (Lipinski definition) is 4. The average molecular weight is 440 g/mol. The molecule has 7 nitrogen and oxygen atoms in total. The van der Waals surface area contributed by atoms with E-state index in [1.54, 1.807) is 24.4 Å². The van der Waals surface area contributed by atoms with Crippen LogP contribution < -0.4 is 10.2 Å². The first-order valence-corrected chi connectivity index (χ1v) is 10.2. The first-order chi connectivity index (χ1) is 16.0. The standard InChI is InChI=1S/C25H17FN4O3/c26-21-7-3-1-5-16(21)14-29-15-17(19-6-2-4-8-22(19)29)13-20-23(31)28-25(33)30(24(20)32)18-9-11-27-12-10-18/h1-13,15H,14H2,(H,28,31,33)/b20-13+. The van der Waals surface area contributed by atoms with Crippen LogP contribution in [-0.2, 0) is 16.1 Å². The molecule has 0 unspecified atom stereocenters. The number of amides is 4. The van der Waals surface area contributed by atoms with E-state index in [0.717, 1.165) is 15.8 Å². The largest absolute Gasteiger partial charge is 0.342 e. The maximum Gasteiger partial charge on any atom is 0.335 e. The number of anilines is 1. The number of urea groups is 1. The van der Waals surface area contributed by atoms with Gasteiger partial charge in [0.05, 0.1) is 12.2 Å². The summed E-state index contributed by atoms with van der Waals surface area (Å²) in [7, 11) is 0. The fourth-order valence-corrected chi connectivity index (χ4v) is 3.87. The molecular weight excluding hydrogens is 423 g/mol. The van der Waals surface area contributed by atoms with Crippen molar-refractivity contribution in [2.75, 3.05) is 4.90 Å². The van der Waals surface area contributed by atoms with Gasteiger partial charge in [0.15, 0.2) is 0 Å². The smallest absolute Gasteiger partial charge is 0.335 e. The summed E-state index contributed by atoms with van der Waals surface area (Å²) in [6, 6.07) is 16.1. The fourth-order valence-electron chi connectivity index (χ4n) is 3.87. The third-order valence-electron chi connectivity index (χ3n) is 5.44. The van der Waals surface area contributed by atoms with Gasteiger partial charge >= 0.3 is 6.03 Å². The number of aromatic nitrogens is 2. The Morgan fingerprint density at radius 1 is 0.939 bits per heavy atom. The van der Waals surface area contributed by atoms with Gasteiger partial charge in [0.25, 0.3) is 11.8 Å². The zero-order valence-corrected chi connectivity index (χ0v) is 17.2. The second-order valence-corrected chi connectivity index (χ2v) is 7.48. The molecule has 1 saturated heterocycles. The van der Waals surface area contributed by atoms with E-state index in [0.29, 0.717) is 16.8 Å². The lowest BCUT2D eigenvalue weighted by Gasteiger charge is -2.26. The normalized spacial score (nSPS) is 15.4. The van der Waals surface area contributed by atoms with Gasteiger partial charge in [-0.1, -0.05) is 36.4 Å². The Morgan fingerprint density at radius 2 is 1.67 bits per heavy atom. The SMILES string of the molecule is O=C1NC(=O)N(c2ccncc2)C(=O)/C1=C/c1cn(Cc2ccccc2F)c2ccccc12. The summed E-state index contributed by atoms with van der Waals surface area (Å²) in [5.74, 6) is -1.83. The monoisotopic (exact) mass is 440 g/mol. The van der Waals surface area contributed by atoms with E-state index >= 15 is 0 Å². The Morgan fingerprint density at radius 3 is 2.45 bits per heavy atom. The van der Waals surface area contributed by atoms with Crippen molar-refractivity contribution in [3.8, 4) is 0 Å². The highest BCUT2D eigenvalue weighted by molar-refractivity contribution is 6.39. The summed E-state index contributed by atoms with van der Waals surface area (Å²) in [5, 5.41) is 3.00. The number of para-hydroxylation sites is 1. The molecule has 2 aromatic heterocycles. The van der Waals surface area contributed by atoms with E-state index in [2.05, 4.69) is 10.3 Å². The van der Waals surface area contributed by atoms with Crippen molar-refractivity contribution in [1.29, 1.82) is 0 Å². The van der Waals surface area contributed by atoms with Crippen LogP contribution in [0.3, 0.4) is 0 Å². The predicted octanol–water partition coefficient (Wildman–Crippen LogP) is 3.89. The zero-order chi connectivity index (χ0) is 22.9. The van der Waals surface area contributed by atoms with E-state index < -0.39 is 17.8 Å². The van der Waals surface area contributed by atoms with Crippen LogP contribution in [0, 0.1) is 5.82 Å². The highest BCUT2D eigenvalue weighted by Crippen LogP contribution is 2.27. The van der Waals surface area contributed by atoms with Gasteiger partial charge in [-0.15, -0.1) is 0 Å². The van der Waals surface area contributed by atoms with Gasteiger partial charge in [-0.2, -0.15) is 0 Å². The molecule has 0 atom stereocenters. The van der Waals surface area contributed by atoms with E-state index in [4.69, 9.17) is 0 Å². The van der Waals surface area contributed by atoms with Crippen molar-refractivity contribution in [2.24, 2.45) is 0 Å². The molecule has 1 fully saturated rings. The summed E-state index contributed by atoms with van der Waals surface area (Å²) in [6.07, 6.45) is 6.12. The molecule has 5 rings (SSSR count). The molecule has 1 aliphatic rings. The summed E-state index contributed by atoms with van der Waals surface area (Å²) >= 11 is 0. The minimum Gasteiger partial charge on any atom is -0.342 e. The minimum atomic E-state index is -0.824. The molecule has 0 spiro atoms. The Bertz CT molecular complexity index is 1440. The Labute approximate surface area is 187 Å². The molecule has 4 amide bonds. The Kier molecular flexibility index (Phi) is 5.02. The third-order valence-corrected chi connectivity index (χ3v) is 5.44. The number of fused-ring (bicyclic) bond motifs is 1. The van der Waals surface area contributed by atoms with Crippen molar-refractivity contribution in [1.82, 2.24) is 14.9 Å². The van der Waals surface area contributed by atoms with E-state index in [1.807, 2.05) is 28.8 Å². The number of benzene rings is 2. The molecule has 1 N–H and O–H groups in total. The number of barbiturate groups is 1. The molecule has 0 bridgehead atoms. The Hall–Kier alpha value is -4.59. The van der Waals surface area contributed by atoms with Gasteiger partial charge in [0, 0.05) is 40.6 Å². The quantitative estimate of drug-likeness (QED) is 0.386. The van der Waals surface area contributed by atoms with Gasteiger partial charge in [-0.05, 0) is 30.3 Å². The first-order valence-electron chi connectivity index (χ1n) is 10.2. The maximum absolute atomic E-state index is 14.2. The van der Waals surface area contributed by atoms with Gasteiger partial charge in [0.2, 0.25) is 0 Å². The molecular formula is C25H17FN4O3. The maximum atomic E-state index is 14.2. The molecule has 8 heteroatoms. The summed E-state index contributed by atoms with van der Waals surface area (Å²) in [6.45, 7) is 0.276. The molecule has 0 radical (unpaired) electrons. The van der Waals surface area contributed by atoms with Crippen molar-refractivity contribution in [2.45, 2.75) is 6.54 Å². The van der Waals surface area contributed by atoms with Crippen molar-refractivity contribution >= 4 is 40.5 Å². The molecule has 33 heavy (non-hydrogen) atoms. The minimum absolute atomic E-state index is 0.180.